The van der Waals surface area contributed by atoms with E-state index in [0.717, 1.165) is 6.54 Å². The van der Waals surface area contributed by atoms with Gasteiger partial charge in [0, 0.05) is 13.1 Å². The number of aryl methyl sites for hydroxylation is 2. The third kappa shape index (κ3) is 3.49. The molecule has 114 valence electrons. The lowest BCUT2D eigenvalue weighted by atomic mass is 9.85. The Balaban J connectivity index is 2.99. The molecule has 0 aliphatic carbocycles. The fraction of sp³-hybridized carbons (Fsp3) is 0.786. The van der Waals surface area contributed by atoms with E-state index in [1.165, 1.54) is 0 Å². The maximum Gasteiger partial charge on any atom is 0.333 e. The molecule has 6 heteroatoms. The van der Waals surface area contributed by atoms with Crippen LogP contribution in [0.3, 0.4) is 0 Å². The Labute approximate surface area is 120 Å². The predicted octanol–water partition coefficient (Wildman–Crippen LogP) is 3.46. The fourth-order valence-electron chi connectivity index (χ4n) is 2.65. The van der Waals surface area contributed by atoms with Crippen molar-refractivity contribution >= 4 is 11.5 Å². The average molecular weight is 282 g/mol. The first-order valence-corrected chi connectivity index (χ1v) is 7.25. The number of hydrogen-bond donors (Lipinski definition) is 1. The molecule has 1 heterocycles. The first-order valence-electron chi connectivity index (χ1n) is 7.25. The number of anilines is 1. The van der Waals surface area contributed by atoms with E-state index in [2.05, 4.69) is 38.1 Å². The zero-order chi connectivity index (χ0) is 15.4. The topological polar surface area (TPSA) is 73.0 Å². The Kier molecular flexibility index (Phi) is 5.53. The van der Waals surface area contributed by atoms with E-state index in [1.807, 2.05) is 6.92 Å². The summed E-state index contributed by atoms with van der Waals surface area (Å²) in [6.45, 7) is 13.7. The normalized spacial score (nSPS) is 11.7. The van der Waals surface area contributed by atoms with Gasteiger partial charge in [0.15, 0.2) is 0 Å². The van der Waals surface area contributed by atoms with E-state index in [4.69, 9.17) is 0 Å². The van der Waals surface area contributed by atoms with Crippen molar-refractivity contribution in [2.45, 2.75) is 48.1 Å². The van der Waals surface area contributed by atoms with Crippen molar-refractivity contribution in [3.05, 3.63) is 15.8 Å². The van der Waals surface area contributed by atoms with E-state index in [-0.39, 0.29) is 10.6 Å². The molecule has 1 rings (SSSR count). The molecular weight excluding hydrogens is 256 g/mol. The van der Waals surface area contributed by atoms with Crippen molar-refractivity contribution in [3.63, 3.8) is 0 Å². The Morgan fingerprint density at radius 2 is 1.85 bits per heavy atom. The zero-order valence-corrected chi connectivity index (χ0v) is 13.3. The molecule has 1 N–H and O–H groups in total. The number of nitro groups is 1. The summed E-state index contributed by atoms with van der Waals surface area (Å²) in [5, 5.41) is 18.7. The van der Waals surface area contributed by atoms with Crippen LogP contribution in [0.4, 0.5) is 11.5 Å². The highest BCUT2D eigenvalue weighted by molar-refractivity contribution is 5.59. The summed E-state index contributed by atoms with van der Waals surface area (Å²) in [4.78, 5) is 10.8. The van der Waals surface area contributed by atoms with Crippen LogP contribution in [0.15, 0.2) is 0 Å². The molecule has 0 radical (unpaired) electrons. The van der Waals surface area contributed by atoms with Crippen LogP contribution in [0.2, 0.25) is 0 Å². The Bertz CT molecular complexity index is 458. The Morgan fingerprint density at radius 3 is 2.25 bits per heavy atom. The Morgan fingerprint density at radius 1 is 1.30 bits per heavy atom. The van der Waals surface area contributed by atoms with Gasteiger partial charge in [-0.25, -0.2) is 4.68 Å². The molecule has 20 heavy (non-hydrogen) atoms. The minimum atomic E-state index is -0.351. The van der Waals surface area contributed by atoms with Gasteiger partial charge in [-0.1, -0.05) is 27.7 Å². The second-order valence-electron chi connectivity index (χ2n) is 5.89. The summed E-state index contributed by atoms with van der Waals surface area (Å²) >= 11 is 0. The van der Waals surface area contributed by atoms with Crippen molar-refractivity contribution in [2.24, 2.45) is 17.8 Å². The molecule has 1 aromatic heterocycles. The van der Waals surface area contributed by atoms with Gasteiger partial charge in [0.25, 0.3) is 0 Å². The minimum absolute atomic E-state index is 0.0955. The highest BCUT2D eigenvalue weighted by Crippen LogP contribution is 2.29. The van der Waals surface area contributed by atoms with Gasteiger partial charge in [-0.15, -0.1) is 0 Å². The molecule has 0 amide bonds. The third-order valence-corrected chi connectivity index (χ3v) is 3.80. The second kappa shape index (κ2) is 6.72. The van der Waals surface area contributed by atoms with Crippen LogP contribution in [0, 0.1) is 34.8 Å². The molecule has 0 aliphatic rings. The minimum Gasteiger partial charge on any atom is -0.364 e. The molecule has 1 aromatic rings. The number of aromatic nitrogens is 2. The van der Waals surface area contributed by atoms with Gasteiger partial charge in [-0.05, 0) is 31.6 Å². The highest BCUT2D eigenvalue weighted by atomic mass is 16.6. The lowest BCUT2D eigenvalue weighted by Gasteiger charge is -2.25. The molecule has 0 bridgehead atoms. The smallest absolute Gasteiger partial charge is 0.333 e. The number of rotatable bonds is 7. The number of hydrogen-bond acceptors (Lipinski definition) is 4. The van der Waals surface area contributed by atoms with Crippen LogP contribution < -0.4 is 5.32 Å². The van der Waals surface area contributed by atoms with Crippen molar-refractivity contribution in [1.82, 2.24) is 9.78 Å². The molecular formula is C14H26N4O2. The largest absolute Gasteiger partial charge is 0.364 e. The van der Waals surface area contributed by atoms with Gasteiger partial charge >= 0.3 is 5.69 Å². The second-order valence-corrected chi connectivity index (χ2v) is 5.89. The maximum absolute atomic E-state index is 11.2. The van der Waals surface area contributed by atoms with Crippen molar-refractivity contribution in [2.75, 3.05) is 11.9 Å². The Hall–Kier alpha value is -1.59. The molecule has 0 fully saturated rings. The van der Waals surface area contributed by atoms with Crippen molar-refractivity contribution in [3.8, 4) is 0 Å². The monoisotopic (exact) mass is 282 g/mol. The fourth-order valence-corrected chi connectivity index (χ4v) is 2.65. The number of nitrogens with one attached hydrogen (secondary N) is 1. The standard InChI is InChI=1S/C14H26N4O2/c1-7-17-14(13(18(19)20)11(6)16-17)15-8-12(9(2)3)10(4)5/h9-10,12,15H,7-8H2,1-6H3. The van der Waals surface area contributed by atoms with Gasteiger partial charge in [-0.2, -0.15) is 5.10 Å². The van der Waals surface area contributed by atoms with Crippen molar-refractivity contribution in [1.29, 1.82) is 0 Å². The van der Waals surface area contributed by atoms with Crippen LogP contribution >= 0.6 is 0 Å². The number of nitrogens with zero attached hydrogens (tertiary/aromatic N) is 3. The summed E-state index contributed by atoms with van der Waals surface area (Å²) in [6.07, 6.45) is 0. The van der Waals surface area contributed by atoms with Gasteiger partial charge in [0.1, 0.15) is 5.69 Å². The van der Waals surface area contributed by atoms with Crippen LogP contribution in [0.5, 0.6) is 0 Å². The average Bonchev–Trinajstić information content (AvgIpc) is 2.64. The molecule has 0 saturated heterocycles. The summed E-state index contributed by atoms with van der Waals surface area (Å²) in [6, 6.07) is 0. The lowest BCUT2D eigenvalue weighted by molar-refractivity contribution is -0.384. The molecule has 0 unspecified atom stereocenters. The van der Waals surface area contributed by atoms with Crippen LogP contribution in [-0.4, -0.2) is 21.2 Å². The van der Waals surface area contributed by atoms with Crippen LogP contribution in [0.1, 0.15) is 40.3 Å². The molecule has 6 nitrogen and oxygen atoms in total. The molecule has 0 spiro atoms. The predicted molar refractivity (Wildman–Crippen MR) is 80.9 cm³/mol. The molecule has 0 atom stereocenters. The molecule has 0 aliphatic heterocycles. The molecule has 0 aromatic carbocycles. The third-order valence-electron chi connectivity index (χ3n) is 3.80. The van der Waals surface area contributed by atoms with Gasteiger partial charge in [0.05, 0.1) is 4.92 Å². The van der Waals surface area contributed by atoms with Crippen LogP contribution in [0.25, 0.3) is 0 Å². The van der Waals surface area contributed by atoms with Crippen molar-refractivity contribution < 1.29 is 4.92 Å². The summed E-state index contributed by atoms with van der Waals surface area (Å²) in [5.74, 6) is 2.05. The van der Waals surface area contributed by atoms with E-state index in [0.29, 0.717) is 35.8 Å². The maximum atomic E-state index is 11.2. The van der Waals surface area contributed by atoms with E-state index in [1.54, 1.807) is 11.6 Å². The van der Waals surface area contributed by atoms with Gasteiger partial charge < -0.3 is 5.32 Å². The summed E-state index contributed by atoms with van der Waals surface area (Å²) < 4.78 is 1.67. The van der Waals surface area contributed by atoms with Gasteiger partial charge in [-0.3, -0.25) is 10.1 Å². The zero-order valence-electron chi connectivity index (χ0n) is 13.3. The van der Waals surface area contributed by atoms with E-state index < -0.39 is 0 Å². The summed E-state index contributed by atoms with van der Waals surface area (Å²) in [7, 11) is 0. The van der Waals surface area contributed by atoms with Crippen LogP contribution in [-0.2, 0) is 6.54 Å². The quantitative estimate of drug-likeness (QED) is 0.614. The van der Waals surface area contributed by atoms with Gasteiger partial charge in [0.2, 0.25) is 5.82 Å². The van der Waals surface area contributed by atoms with E-state index >= 15 is 0 Å². The SMILES string of the molecule is CCn1nc(C)c([N+](=O)[O-])c1NCC(C(C)C)C(C)C. The molecule has 0 saturated carbocycles. The van der Waals surface area contributed by atoms with E-state index in [9.17, 15) is 10.1 Å². The highest BCUT2D eigenvalue weighted by Gasteiger charge is 2.26. The summed E-state index contributed by atoms with van der Waals surface area (Å²) in [5.41, 5.74) is 0.558. The first-order chi connectivity index (χ1) is 9.29. The first kappa shape index (κ1) is 16.5. The lowest BCUT2D eigenvalue weighted by Crippen LogP contribution is -2.25.